The molecular formula is C14H19NO. The van der Waals surface area contributed by atoms with Crippen molar-refractivity contribution in [2.75, 3.05) is 19.8 Å². The van der Waals surface area contributed by atoms with E-state index in [4.69, 9.17) is 4.74 Å². The molecule has 1 aromatic carbocycles. The van der Waals surface area contributed by atoms with E-state index in [1.54, 1.807) is 0 Å². The van der Waals surface area contributed by atoms with Gasteiger partial charge in [0, 0.05) is 25.2 Å². The first-order valence-electron chi connectivity index (χ1n) is 6.26. The van der Waals surface area contributed by atoms with Crippen LogP contribution in [0.1, 0.15) is 24.8 Å². The summed E-state index contributed by atoms with van der Waals surface area (Å²) in [6.45, 7) is 4.16. The van der Waals surface area contributed by atoms with E-state index < -0.39 is 0 Å². The predicted octanol–water partition coefficient (Wildman–Crippen LogP) is 2.44. The number of hydrogen-bond donors (Lipinski definition) is 0. The van der Waals surface area contributed by atoms with Crippen molar-refractivity contribution in [3.8, 4) is 0 Å². The molecule has 0 N–H and O–H groups in total. The number of hydrogen-bond acceptors (Lipinski definition) is 2. The van der Waals surface area contributed by atoms with Crippen LogP contribution in [0.2, 0.25) is 0 Å². The monoisotopic (exact) mass is 217 g/mol. The smallest absolute Gasteiger partial charge is 0.0650 e. The van der Waals surface area contributed by atoms with Crippen molar-refractivity contribution in [3.05, 3.63) is 35.9 Å². The molecule has 16 heavy (non-hydrogen) atoms. The van der Waals surface area contributed by atoms with Gasteiger partial charge in [-0.3, -0.25) is 4.90 Å². The minimum Gasteiger partial charge on any atom is -0.379 e. The van der Waals surface area contributed by atoms with Gasteiger partial charge in [-0.1, -0.05) is 30.3 Å². The second-order valence-corrected chi connectivity index (χ2v) is 5.04. The highest BCUT2D eigenvalue weighted by atomic mass is 16.5. The zero-order valence-electron chi connectivity index (χ0n) is 9.69. The number of ether oxygens (including phenoxy) is 1. The Morgan fingerprint density at radius 3 is 2.75 bits per heavy atom. The molecular weight excluding hydrogens is 198 g/mol. The molecule has 1 saturated heterocycles. The maximum atomic E-state index is 5.70. The highest BCUT2D eigenvalue weighted by Gasteiger charge is 2.48. The fourth-order valence-electron chi connectivity index (χ4n) is 2.60. The Kier molecular flexibility index (Phi) is 2.70. The number of rotatable bonds is 2. The van der Waals surface area contributed by atoms with E-state index >= 15 is 0 Å². The lowest BCUT2D eigenvalue weighted by atomic mass is 10.1. The molecule has 1 spiro atoms. The van der Waals surface area contributed by atoms with Crippen LogP contribution in [0.25, 0.3) is 0 Å². The van der Waals surface area contributed by atoms with Crippen LogP contribution in [-0.4, -0.2) is 30.2 Å². The Labute approximate surface area is 97.2 Å². The van der Waals surface area contributed by atoms with E-state index in [9.17, 15) is 0 Å². The van der Waals surface area contributed by atoms with Crippen molar-refractivity contribution >= 4 is 0 Å². The lowest BCUT2D eigenvalue weighted by molar-refractivity contribution is 0.0840. The Balaban J connectivity index is 1.73. The van der Waals surface area contributed by atoms with Gasteiger partial charge in [0.15, 0.2) is 0 Å². The van der Waals surface area contributed by atoms with Gasteiger partial charge in [0.05, 0.1) is 6.61 Å². The van der Waals surface area contributed by atoms with Gasteiger partial charge in [-0.2, -0.15) is 0 Å². The first-order valence-corrected chi connectivity index (χ1v) is 6.26. The Morgan fingerprint density at radius 2 is 2.00 bits per heavy atom. The minimum atomic E-state index is 0.395. The normalized spacial score (nSPS) is 24.2. The van der Waals surface area contributed by atoms with Crippen molar-refractivity contribution in [2.24, 2.45) is 0 Å². The number of nitrogens with zero attached hydrogens (tertiary/aromatic N) is 1. The van der Waals surface area contributed by atoms with E-state index in [1.165, 1.54) is 31.4 Å². The van der Waals surface area contributed by atoms with E-state index in [2.05, 4.69) is 35.2 Å². The molecule has 2 aliphatic rings. The topological polar surface area (TPSA) is 12.5 Å². The van der Waals surface area contributed by atoms with Crippen LogP contribution >= 0.6 is 0 Å². The second-order valence-electron chi connectivity index (χ2n) is 5.04. The maximum Gasteiger partial charge on any atom is 0.0650 e. The van der Waals surface area contributed by atoms with Crippen LogP contribution in [-0.2, 0) is 11.3 Å². The molecule has 1 aliphatic carbocycles. The van der Waals surface area contributed by atoms with Gasteiger partial charge in [-0.05, 0) is 24.8 Å². The summed E-state index contributed by atoms with van der Waals surface area (Å²) in [6, 6.07) is 10.8. The molecule has 0 bridgehead atoms. The van der Waals surface area contributed by atoms with Crippen LogP contribution in [0.5, 0.6) is 0 Å². The molecule has 1 heterocycles. The first kappa shape index (κ1) is 10.3. The molecule has 1 aromatic rings. The SMILES string of the molecule is c1ccc(CN2CCCOCC23CC3)cc1. The van der Waals surface area contributed by atoms with Gasteiger partial charge in [-0.25, -0.2) is 0 Å². The largest absolute Gasteiger partial charge is 0.379 e. The molecule has 2 heteroatoms. The van der Waals surface area contributed by atoms with Gasteiger partial charge >= 0.3 is 0 Å². The van der Waals surface area contributed by atoms with Crippen LogP contribution in [0.15, 0.2) is 30.3 Å². The average molecular weight is 217 g/mol. The lowest BCUT2D eigenvalue weighted by Gasteiger charge is -2.29. The zero-order chi connectivity index (χ0) is 10.8. The molecule has 1 saturated carbocycles. The summed E-state index contributed by atoms with van der Waals surface area (Å²) >= 11 is 0. The molecule has 0 radical (unpaired) electrons. The van der Waals surface area contributed by atoms with Crippen LogP contribution < -0.4 is 0 Å². The zero-order valence-corrected chi connectivity index (χ0v) is 9.69. The predicted molar refractivity (Wildman–Crippen MR) is 64.3 cm³/mol. The van der Waals surface area contributed by atoms with Gasteiger partial charge in [-0.15, -0.1) is 0 Å². The summed E-state index contributed by atoms with van der Waals surface area (Å²) in [4.78, 5) is 2.63. The van der Waals surface area contributed by atoms with Crippen LogP contribution in [0.4, 0.5) is 0 Å². The van der Waals surface area contributed by atoms with E-state index in [0.717, 1.165) is 19.8 Å². The molecule has 3 rings (SSSR count). The Morgan fingerprint density at radius 1 is 1.19 bits per heavy atom. The van der Waals surface area contributed by atoms with E-state index in [0.29, 0.717) is 5.54 Å². The summed E-state index contributed by atoms with van der Waals surface area (Å²) in [6.07, 6.45) is 3.81. The van der Waals surface area contributed by atoms with Crippen molar-refractivity contribution in [1.82, 2.24) is 4.90 Å². The Hall–Kier alpha value is -0.860. The maximum absolute atomic E-state index is 5.70. The summed E-state index contributed by atoms with van der Waals surface area (Å²) < 4.78 is 5.70. The van der Waals surface area contributed by atoms with Crippen LogP contribution in [0, 0.1) is 0 Å². The fraction of sp³-hybridized carbons (Fsp3) is 0.571. The molecule has 1 aliphatic heterocycles. The van der Waals surface area contributed by atoms with Gasteiger partial charge in [0.1, 0.15) is 0 Å². The lowest BCUT2D eigenvalue weighted by Crippen LogP contribution is -2.39. The molecule has 0 unspecified atom stereocenters. The van der Waals surface area contributed by atoms with Gasteiger partial charge < -0.3 is 4.74 Å². The minimum absolute atomic E-state index is 0.395. The van der Waals surface area contributed by atoms with E-state index in [-0.39, 0.29) is 0 Å². The summed E-state index contributed by atoms with van der Waals surface area (Å²) in [5.74, 6) is 0. The van der Waals surface area contributed by atoms with Crippen LogP contribution in [0.3, 0.4) is 0 Å². The third-order valence-corrected chi connectivity index (χ3v) is 3.80. The summed E-state index contributed by atoms with van der Waals surface area (Å²) in [5.41, 5.74) is 1.82. The molecule has 2 nitrogen and oxygen atoms in total. The Bertz CT molecular complexity index is 345. The molecule has 2 fully saturated rings. The second kappa shape index (κ2) is 4.19. The average Bonchev–Trinajstić information content (AvgIpc) is 3.12. The molecule has 0 amide bonds. The third kappa shape index (κ3) is 2.00. The molecule has 0 atom stereocenters. The van der Waals surface area contributed by atoms with E-state index in [1.807, 2.05) is 0 Å². The molecule has 86 valence electrons. The molecule has 0 aromatic heterocycles. The van der Waals surface area contributed by atoms with Gasteiger partial charge in [0.2, 0.25) is 0 Å². The highest BCUT2D eigenvalue weighted by Crippen LogP contribution is 2.43. The standard InChI is InChI=1S/C14H19NO/c1-2-5-13(6-3-1)11-15-9-4-10-16-12-14(15)7-8-14/h1-3,5-6H,4,7-12H2. The first-order chi connectivity index (χ1) is 7.89. The van der Waals surface area contributed by atoms with Crippen molar-refractivity contribution in [1.29, 1.82) is 0 Å². The van der Waals surface area contributed by atoms with Crippen molar-refractivity contribution in [3.63, 3.8) is 0 Å². The number of benzene rings is 1. The third-order valence-electron chi connectivity index (χ3n) is 3.80. The van der Waals surface area contributed by atoms with Crippen molar-refractivity contribution in [2.45, 2.75) is 31.3 Å². The highest BCUT2D eigenvalue weighted by molar-refractivity contribution is 5.16. The van der Waals surface area contributed by atoms with Gasteiger partial charge in [0.25, 0.3) is 0 Å². The van der Waals surface area contributed by atoms with Crippen molar-refractivity contribution < 1.29 is 4.74 Å². The summed E-state index contributed by atoms with van der Waals surface area (Å²) in [7, 11) is 0. The summed E-state index contributed by atoms with van der Waals surface area (Å²) in [5, 5.41) is 0. The quantitative estimate of drug-likeness (QED) is 0.754. The fourth-order valence-corrected chi connectivity index (χ4v) is 2.60.